The number of aryl methyl sites for hydroxylation is 2. The van der Waals surface area contributed by atoms with Gasteiger partial charge < -0.3 is 9.47 Å². The van der Waals surface area contributed by atoms with Crippen molar-refractivity contribution in [3.05, 3.63) is 98.0 Å². The van der Waals surface area contributed by atoms with Crippen LogP contribution in [-0.2, 0) is 11.4 Å². The zero-order valence-electron chi connectivity index (χ0n) is 20.7. The lowest BCUT2D eigenvalue weighted by atomic mass is 10.0. The van der Waals surface area contributed by atoms with Crippen molar-refractivity contribution in [2.75, 3.05) is 12.0 Å². The van der Waals surface area contributed by atoms with Crippen LogP contribution >= 0.6 is 15.9 Å². The van der Waals surface area contributed by atoms with Crippen LogP contribution in [0.5, 0.6) is 11.5 Å². The van der Waals surface area contributed by atoms with Gasteiger partial charge in [-0.15, -0.1) is 0 Å². The van der Waals surface area contributed by atoms with Gasteiger partial charge in [0.15, 0.2) is 12.4 Å². The van der Waals surface area contributed by atoms with Gasteiger partial charge in [-0.1, -0.05) is 60.1 Å². The zero-order chi connectivity index (χ0) is 25.8. The number of rotatable bonds is 8. The highest BCUT2D eigenvalue weighted by atomic mass is 79.9. The molecule has 0 aliphatic rings. The summed E-state index contributed by atoms with van der Waals surface area (Å²) in [6, 6.07) is 18.4. The monoisotopic (exact) mass is 549 g/mol. The quantitative estimate of drug-likeness (QED) is 0.308. The van der Waals surface area contributed by atoms with Gasteiger partial charge in [0, 0.05) is 4.47 Å². The lowest BCUT2D eigenvalue weighted by molar-refractivity contribution is -0.119. The van der Waals surface area contributed by atoms with E-state index in [4.69, 9.17) is 9.47 Å². The number of aromatic nitrogens is 2. The number of ether oxygens (including phenoxy) is 2. The second-order valence-corrected chi connectivity index (χ2v) is 9.71. The number of hydrogen-bond donors (Lipinski definition) is 1. The van der Waals surface area contributed by atoms with Gasteiger partial charge in [-0.3, -0.25) is 15.0 Å². The molecule has 0 fully saturated rings. The molecule has 4 aromatic rings. The summed E-state index contributed by atoms with van der Waals surface area (Å²) in [5, 5.41) is 0.392. The minimum absolute atomic E-state index is 0.0141. The molecule has 0 unspecified atom stereocenters. The van der Waals surface area contributed by atoms with Crippen LogP contribution in [0, 0.1) is 13.8 Å². The topological polar surface area (TPSA) is 82.5 Å². The first kappa shape index (κ1) is 25.4. The van der Waals surface area contributed by atoms with Crippen LogP contribution in [0.3, 0.4) is 0 Å². The fourth-order valence-corrected chi connectivity index (χ4v) is 4.16. The van der Waals surface area contributed by atoms with E-state index in [1.54, 1.807) is 24.3 Å². The molecule has 0 saturated heterocycles. The Morgan fingerprint density at radius 2 is 1.72 bits per heavy atom. The molecular formula is C28H28BrN3O4. The Bertz CT molecular complexity index is 1480. The first-order chi connectivity index (χ1) is 17.2. The molecule has 1 amide bonds. The highest BCUT2D eigenvalue weighted by Crippen LogP contribution is 2.32. The van der Waals surface area contributed by atoms with Crippen molar-refractivity contribution in [1.82, 2.24) is 9.66 Å². The second-order valence-electron chi connectivity index (χ2n) is 8.86. The van der Waals surface area contributed by atoms with Gasteiger partial charge in [0.1, 0.15) is 18.1 Å². The van der Waals surface area contributed by atoms with E-state index in [-0.39, 0.29) is 30.5 Å². The maximum absolute atomic E-state index is 13.3. The Hall–Kier alpha value is -3.65. The number of benzene rings is 3. The molecule has 4 rings (SSSR count). The lowest BCUT2D eigenvalue weighted by Gasteiger charge is -2.18. The van der Waals surface area contributed by atoms with Crippen LogP contribution in [0.1, 0.15) is 42.3 Å². The SMILES string of the molecule is Cc1cc(OCc2nc3ccccc3c(=O)n2NC(=O)COc2ccccc2C)c(C(C)C)cc1Br. The molecule has 1 aromatic heterocycles. The number of carbonyl (C=O) groups excluding carboxylic acids is 1. The summed E-state index contributed by atoms with van der Waals surface area (Å²) in [5.74, 6) is 1.32. The number of halogens is 1. The average molecular weight is 550 g/mol. The molecule has 3 aromatic carbocycles. The molecule has 0 atom stereocenters. The third-order valence-electron chi connectivity index (χ3n) is 5.80. The van der Waals surface area contributed by atoms with E-state index in [2.05, 4.69) is 40.2 Å². The number of nitrogens with one attached hydrogen (secondary N) is 1. The molecule has 1 N–H and O–H groups in total. The number of hydrogen-bond acceptors (Lipinski definition) is 5. The smallest absolute Gasteiger partial charge is 0.280 e. The second kappa shape index (κ2) is 11.0. The molecule has 0 radical (unpaired) electrons. The van der Waals surface area contributed by atoms with Crippen LogP contribution in [0.25, 0.3) is 10.9 Å². The number of carbonyl (C=O) groups is 1. The molecule has 0 spiro atoms. The summed E-state index contributed by atoms with van der Waals surface area (Å²) in [6.45, 7) is 7.79. The predicted molar refractivity (Wildman–Crippen MR) is 144 cm³/mol. The van der Waals surface area contributed by atoms with Gasteiger partial charge in [0.2, 0.25) is 0 Å². The van der Waals surface area contributed by atoms with E-state index in [0.717, 1.165) is 25.8 Å². The standard InChI is InChI=1S/C28H28BrN3O4/c1-17(2)21-14-22(29)19(4)13-25(21)35-15-26-30-23-11-7-6-10-20(23)28(34)32(26)31-27(33)16-36-24-12-8-5-9-18(24)3/h5-14,17H,15-16H2,1-4H3,(H,31,33). The Labute approximate surface area is 218 Å². The van der Waals surface area contributed by atoms with Crippen molar-refractivity contribution in [1.29, 1.82) is 0 Å². The summed E-state index contributed by atoms with van der Waals surface area (Å²) in [4.78, 5) is 30.7. The fourth-order valence-electron chi connectivity index (χ4n) is 3.80. The van der Waals surface area contributed by atoms with Crippen molar-refractivity contribution in [3.8, 4) is 11.5 Å². The van der Waals surface area contributed by atoms with Gasteiger partial charge in [-0.2, -0.15) is 4.68 Å². The fraction of sp³-hybridized carbons (Fsp3) is 0.250. The molecule has 1 heterocycles. The molecule has 0 aliphatic heterocycles. The molecule has 0 saturated carbocycles. The molecule has 36 heavy (non-hydrogen) atoms. The molecular weight excluding hydrogens is 522 g/mol. The first-order valence-electron chi connectivity index (χ1n) is 11.7. The number of para-hydroxylation sites is 2. The van der Waals surface area contributed by atoms with Gasteiger partial charge >= 0.3 is 0 Å². The highest BCUT2D eigenvalue weighted by molar-refractivity contribution is 9.10. The van der Waals surface area contributed by atoms with Crippen LogP contribution < -0.4 is 20.5 Å². The van der Waals surface area contributed by atoms with Gasteiger partial charge in [-0.25, -0.2) is 4.98 Å². The summed E-state index contributed by atoms with van der Waals surface area (Å²) >= 11 is 3.58. The third-order valence-corrected chi connectivity index (χ3v) is 6.66. The Balaban J connectivity index is 1.63. The van der Waals surface area contributed by atoms with Crippen molar-refractivity contribution in [3.63, 3.8) is 0 Å². The Kier molecular flexibility index (Phi) is 7.74. The maximum atomic E-state index is 13.3. The van der Waals surface area contributed by atoms with Crippen LogP contribution in [0.4, 0.5) is 0 Å². The average Bonchev–Trinajstić information content (AvgIpc) is 2.86. The summed E-state index contributed by atoms with van der Waals surface area (Å²) in [5.41, 5.74) is 5.75. The highest BCUT2D eigenvalue weighted by Gasteiger charge is 2.17. The Morgan fingerprint density at radius 1 is 1.00 bits per heavy atom. The third kappa shape index (κ3) is 5.60. The van der Waals surface area contributed by atoms with Crippen molar-refractivity contribution < 1.29 is 14.3 Å². The molecule has 7 nitrogen and oxygen atoms in total. The summed E-state index contributed by atoms with van der Waals surface area (Å²) < 4.78 is 14.0. The minimum Gasteiger partial charge on any atom is -0.485 e. The van der Waals surface area contributed by atoms with E-state index in [1.807, 2.05) is 50.2 Å². The molecule has 0 bridgehead atoms. The summed E-state index contributed by atoms with van der Waals surface area (Å²) in [6.07, 6.45) is 0. The normalized spacial score (nSPS) is 11.1. The van der Waals surface area contributed by atoms with Gasteiger partial charge in [0.05, 0.1) is 10.9 Å². The predicted octanol–water partition coefficient (Wildman–Crippen LogP) is 5.63. The van der Waals surface area contributed by atoms with Crippen molar-refractivity contribution in [2.24, 2.45) is 0 Å². The first-order valence-corrected chi connectivity index (χ1v) is 12.5. The van der Waals surface area contributed by atoms with Crippen LogP contribution in [0.15, 0.2) is 69.9 Å². The molecule has 8 heteroatoms. The molecule has 0 aliphatic carbocycles. The van der Waals surface area contributed by atoms with Crippen molar-refractivity contribution in [2.45, 2.75) is 40.2 Å². The zero-order valence-corrected chi connectivity index (χ0v) is 22.3. The van der Waals surface area contributed by atoms with E-state index in [9.17, 15) is 9.59 Å². The number of nitrogens with zero attached hydrogens (tertiary/aromatic N) is 2. The summed E-state index contributed by atoms with van der Waals surface area (Å²) in [7, 11) is 0. The number of amides is 1. The van der Waals surface area contributed by atoms with Gasteiger partial charge in [-0.05, 0) is 66.8 Å². The lowest BCUT2D eigenvalue weighted by Crippen LogP contribution is -2.38. The van der Waals surface area contributed by atoms with Gasteiger partial charge in [0.25, 0.3) is 11.5 Å². The van der Waals surface area contributed by atoms with Crippen molar-refractivity contribution >= 4 is 32.7 Å². The number of fused-ring (bicyclic) bond motifs is 1. The van der Waals surface area contributed by atoms with Crippen LogP contribution in [0.2, 0.25) is 0 Å². The maximum Gasteiger partial charge on any atom is 0.280 e. The minimum atomic E-state index is -0.485. The van der Waals surface area contributed by atoms with E-state index < -0.39 is 5.91 Å². The van der Waals surface area contributed by atoms with E-state index >= 15 is 0 Å². The molecule has 186 valence electrons. The van der Waals surface area contributed by atoms with Crippen LogP contribution in [-0.4, -0.2) is 22.2 Å². The largest absolute Gasteiger partial charge is 0.485 e. The van der Waals surface area contributed by atoms with E-state index in [0.29, 0.717) is 22.4 Å². The Morgan fingerprint density at radius 3 is 2.47 bits per heavy atom. The van der Waals surface area contributed by atoms with E-state index in [1.165, 1.54) is 0 Å².